The van der Waals surface area contributed by atoms with E-state index in [0.717, 1.165) is 17.9 Å². The largest absolute Gasteiger partial charge is 0.497 e. The second-order valence-corrected chi connectivity index (χ2v) is 3.19. The fourth-order valence-electron chi connectivity index (χ4n) is 1.33. The molecule has 12 heavy (non-hydrogen) atoms. The zero-order chi connectivity index (χ0) is 9.14. The van der Waals surface area contributed by atoms with Gasteiger partial charge in [0.1, 0.15) is 5.76 Å². The topological polar surface area (TPSA) is 18.5 Å². The average molecular weight is 168 g/mol. The molecule has 0 aromatic rings. The fourth-order valence-corrected chi connectivity index (χ4v) is 1.33. The Hall–Kier alpha value is -0.920. The van der Waals surface area contributed by atoms with Crippen LogP contribution in [0.25, 0.3) is 0 Å². The molecule has 0 N–H and O–H groups in total. The molecule has 68 valence electrons. The molecule has 0 amide bonds. The minimum atomic E-state index is 0.568. The molecule has 1 aliphatic carbocycles. The molecular formula is C10H16O2. The van der Waals surface area contributed by atoms with Crippen molar-refractivity contribution >= 4 is 0 Å². The van der Waals surface area contributed by atoms with Crippen molar-refractivity contribution in [2.45, 2.75) is 20.3 Å². The van der Waals surface area contributed by atoms with Gasteiger partial charge >= 0.3 is 0 Å². The van der Waals surface area contributed by atoms with E-state index in [1.807, 2.05) is 6.08 Å². The lowest BCUT2D eigenvalue weighted by molar-refractivity contribution is 0.209. The normalized spacial score (nSPS) is 23.7. The summed E-state index contributed by atoms with van der Waals surface area (Å²) in [5.74, 6) is 2.39. The first-order valence-electron chi connectivity index (χ1n) is 4.18. The number of ether oxygens (including phenoxy) is 2. The number of methoxy groups -OCH3 is 2. The van der Waals surface area contributed by atoms with Crippen molar-refractivity contribution in [3.8, 4) is 0 Å². The first-order valence-corrected chi connectivity index (χ1v) is 4.18. The quantitative estimate of drug-likeness (QED) is 0.630. The maximum absolute atomic E-state index is 5.22. The van der Waals surface area contributed by atoms with Gasteiger partial charge in [0.15, 0.2) is 5.76 Å². The molecule has 0 bridgehead atoms. The molecule has 0 aliphatic heterocycles. The lowest BCUT2D eigenvalue weighted by Crippen LogP contribution is -2.09. The van der Waals surface area contributed by atoms with E-state index < -0.39 is 0 Å². The molecule has 0 heterocycles. The first-order chi connectivity index (χ1) is 5.69. The maximum Gasteiger partial charge on any atom is 0.156 e. The Morgan fingerprint density at radius 2 is 2.00 bits per heavy atom. The highest BCUT2D eigenvalue weighted by atomic mass is 16.5. The third-order valence-corrected chi connectivity index (χ3v) is 2.37. The van der Waals surface area contributed by atoms with E-state index in [9.17, 15) is 0 Å². The van der Waals surface area contributed by atoms with Gasteiger partial charge in [0.25, 0.3) is 0 Å². The summed E-state index contributed by atoms with van der Waals surface area (Å²) in [7, 11) is 3.36. The number of hydrogen-bond acceptors (Lipinski definition) is 2. The smallest absolute Gasteiger partial charge is 0.156 e. The molecule has 0 aromatic carbocycles. The van der Waals surface area contributed by atoms with Gasteiger partial charge in [-0.2, -0.15) is 0 Å². The molecular weight excluding hydrogens is 152 g/mol. The predicted molar refractivity (Wildman–Crippen MR) is 48.6 cm³/mol. The summed E-state index contributed by atoms with van der Waals surface area (Å²) in [5, 5.41) is 0. The SMILES string of the molecule is COC1=C(OC)CC(C)C(C)=C1. The van der Waals surface area contributed by atoms with Crippen molar-refractivity contribution in [3.63, 3.8) is 0 Å². The molecule has 0 saturated carbocycles. The molecule has 0 spiro atoms. The van der Waals surface area contributed by atoms with Crippen molar-refractivity contribution in [2.75, 3.05) is 14.2 Å². The van der Waals surface area contributed by atoms with Crippen molar-refractivity contribution in [1.29, 1.82) is 0 Å². The molecule has 2 nitrogen and oxygen atoms in total. The lowest BCUT2D eigenvalue weighted by Gasteiger charge is -2.21. The average Bonchev–Trinajstić information content (AvgIpc) is 2.09. The van der Waals surface area contributed by atoms with E-state index in [2.05, 4.69) is 13.8 Å². The van der Waals surface area contributed by atoms with Gasteiger partial charge in [-0.3, -0.25) is 0 Å². The molecule has 0 saturated heterocycles. The Kier molecular flexibility index (Phi) is 2.79. The van der Waals surface area contributed by atoms with Crippen LogP contribution >= 0.6 is 0 Å². The monoisotopic (exact) mass is 168 g/mol. The summed E-state index contributed by atoms with van der Waals surface area (Å²) < 4.78 is 10.4. The molecule has 0 fully saturated rings. The summed E-state index contributed by atoms with van der Waals surface area (Å²) in [6.45, 7) is 4.31. The highest BCUT2D eigenvalue weighted by Gasteiger charge is 2.18. The zero-order valence-electron chi connectivity index (χ0n) is 8.18. The summed E-state index contributed by atoms with van der Waals surface area (Å²) in [4.78, 5) is 0. The predicted octanol–water partition coefficient (Wildman–Crippen LogP) is 2.48. The number of hydrogen-bond donors (Lipinski definition) is 0. The second kappa shape index (κ2) is 3.65. The Balaban J connectivity index is 2.90. The van der Waals surface area contributed by atoms with E-state index in [-0.39, 0.29) is 0 Å². The molecule has 0 radical (unpaired) electrons. The number of allylic oxidation sites excluding steroid dienone is 3. The van der Waals surface area contributed by atoms with Gasteiger partial charge in [-0.1, -0.05) is 12.5 Å². The molecule has 1 atom stereocenters. The fraction of sp³-hybridized carbons (Fsp3) is 0.600. The van der Waals surface area contributed by atoms with Gasteiger partial charge in [-0.25, -0.2) is 0 Å². The van der Waals surface area contributed by atoms with E-state index >= 15 is 0 Å². The van der Waals surface area contributed by atoms with E-state index in [1.165, 1.54) is 5.57 Å². The van der Waals surface area contributed by atoms with Crippen LogP contribution in [0.1, 0.15) is 20.3 Å². The number of rotatable bonds is 2. The Labute approximate surface area is 73.9 Å². The van der Waals surface area contributed by atoms with Crippen LogP contribution in [0.5, 0.6) is 0 Å². The van der Waals surface area contributed by atoms with Gasteiger partial charge in [-0.05, 0) is 18.9 Å². The summed E-state index contributed by atoms with van der Waals surface area (Å²) in [6.07, 6.45) is 3.00. The molecule has 1 rings (SSSR count). The van der Waals surface area contributed by atoms with E-state index in [4.69, 9.17) is 9.47 Å². The molecule has 1 unspecified atom stereocenters. The minimum Gasteiger partial charge on any atom is -0.497 e. The van der Waals surface area contributed by atoms with Crippen LogP contribution in [0.15, 0.2) is 23.2 Å². The minimum absolute atomic E-state index is 0.568. The standard InChI is InChI=1S/C10H16O2/c1-7-5-9(11-3)10(12-4)6-8(7)2/h5,8H,6H2,1-4H3. The van der Waals surface area contributed by atoms with Crippen molar-refractivity contribution in [1.82, 2.24) is 0 Å². The first kappa shape index (κ1) is 9.17. The van der Waals surface area contributed by atoms with Crippen LogP contribution < -0.4 is 0 Å². The van der Waals surface area contributed by atoms with Gasteiger partial charge in [0, 0.05) is 6.42 Å². The second-order valence-electron chi connectivity index (χ2n) is 3.19. The third kappa shape index (κ3) is 1.63. The highest BCUT2D eigenvalue weighted by Crippen LogP contribution is 2.28. The van der Waals surface area contributed by atoms with Crippen LogP contribution in [0.4, 0.5) is 0 Å². The Morgan fingerprint density at radius 1 is 1.33 bits per heavy atom. The maximum atomic E-state index is 5.22. The van der Waals surface area contributed by atoms with Gasteiger partial charge in [-0.15, -0.1) is 0 Å². The van der Waals surface area contributed by atoms with Crippen molar-refractivity contribution in [2.24, 2.45) is 5.92 Å². The summed E-state index contributed by atoms with van der Waals surface area (Å²) in [5.41, 5.74) is 1.35. The van der Waals surface area contributed by atoms with Crippen LogP contribution in [0.3, 0.4) is 0 Å². The van der Waals surface area contributed by atoms with E-state index in [0.29, 0.717) is 5.92 Å². The Morgan fingerprint density at radius 3 is 2.50 bits per heavy atom. The Bertz CT molecular complexity index is 226. The van der Waals surface area contributed by atoms with Gasteiger partial charge < -0.3 is 9.47 Å². The van der Waals surface area contributed by atoms with E-state index in [1.54, 1.807) is 14.2 Å². The molecule has 0 aromatic heterocycles. The van der Waals surface area contributed by atoms with Crippen LogP contribution in [-0.4, -0.2) is 14.2 Å². The highest BCUT2D eigenvalue weighted by molar-refractivity contribution is 5.27. The zero-order valence-corrected chi connectivity index (χ0v) is 8.18. The molecule has 2 heteroatoms. The van der Waals surface area contributed by atoms with Crippen LogP contribution in [0.2, 0.25) is 0 Å². The summed E-state index contributed by atoms with van der Waals surface area (Å²) in [6, 6.07) is 0. The molecule has 1 aliphatic rings. The van der Waals surface area contributed by atoms with Crippen molar-refractivity contribution in [3.05, 3.63) is 23.2 Å². The van der Waals surface area contributed by atoms with Gasteiger partial charge in [0.05, 0.1) is 14.2 Å². The van der Waals surface area contributed by atoms with Crippen LogP contribution in [0, 0.1) is 5.92 Å². The van der Waals surface area contributed by atoms with Crippen molar-refractivity contribution < 1.29 is 9.47 Å². The third-order valence-electron chi connectivity index (χ3n) is 2.37. The summed E-state index contributed by atoms with van der Waals surface area (Å²) >= 11 is 0. The van der Waals surface area contributed by atoms with Gasteiger partial charge in [0.2, 0.25) is 0 Å². The van der Waals surface area contributed by atoms with Crippen LogP contribution in [-0.2, 0) is 9.47 Å². The lowest BCUT2D eigenvalue weighted by atomic mass is 9.93.